The van der Waals surface area contributed by atoms with E-state index in [-0.39, 0.29) is 17.2 Å². The predicted molar refractivity (Wildman–Crippen MR) is 109 cm³/mol. The van der Waals surface area contributed by atoms with Crippen molar-refractivity contribution in [1.29, 1.82) is 0 Å². The number of benzene rings is 1. The number of hydrogen-bond acceptors (Lipinski definition) is 7. The van der Waals surface area contributed by atoms with Crippen molar-refractivity contribution in [1.82, 2.24) is 14.9 Å². The van der Waals surface area contributed by atoms with Crippen molar-refractivity contribution in [3.63, 3.8) is 0 Å². The van der Waals surface area contributed by atoms with E-state index in [0.29, 0.717) is 26.2 Å². The molecule has 0 saturated carbocycles. The largest absolute Gasteiger partial charge is 0.353 e. The number of nitrogens with zero attached hydrogens (tertiary/aromatic N) is 6. The number of piperidine rings is 1. The van der Waals surface area contributed by atoms with Crippen molar-refractivity contribution >= 4 is 23.4 Å². The number of amides is 1. The fourth-order valence-corrected chi connectivity index (χ4v) is 3.88. The lowest BCUT2D eigenvalue weighted by Gasteiger charge is -2.36. The normalized spacial score (nSPS) is 17.3. The first kappa shape index (κ1) is 19.1. The summed E-state index contributed by atoms with van der Waals surface area (Å²) in [6.07, 6.45) is 5.38. The number of piperazine rings is 1. The lowest BCUT2D eigenvalue weighted by Crippen LogP contribution is -2.49. The second-order valence-electron chi connectivity index (χ2n) is 7.32. The number of para-hydroxylation sites is 1. The van der Waals surface area contributed by atoms with Crippen molar-refractivity contribution in [2.75, 3.05) is 49.1 Å². The van der Waals surface area contributed by atoms with E-state index >= 15 is 0 Å². The van der Waals surface area contributed by atoms with E-state index in [1.165, 1.54) is 31.4 Å². The number of anilines is 2. The van der Waals surface area contributed by atoms with E-state index in [0.717, 1.165) is 24.9 Å². The average Bonchev–Trinajstić information content (AvgIpc) is 2.79. The maximum Gasteiger partial charge on any atom is 0.282 e. The van der Waals surface area contributed by atoms with Gasteiger partial charge < -0.3 is 14.7 Å². The standard InChI is InChI=1S/C20H24N6O3/c27-19(16-6-2-3-7-17(16)26(28)29)24-14-12-23(13-15-24)18-8-9-21-20(22-18)25-10-4-1-5-11-25/h2-3,6-9H,1,4-5,10-15H2. The highest BCUT2D eigenvalue weighted by Gasteiger charge is 2.27. The summed E-state index contributed by atoms with van der Waals surface area (Å²) < 4.78 is 0. The van der Waals surface area contributed by atoms with Crippen molar-refractivity contribution in [3.8, 4) is 0 Å². The predicted octanol–water partition coefficient (Wildman–Crippen LogP) is 2.34. The SMILES string of the molecule is O=C(c1ccccc1[N+](=O)[O-])N1CCN(c2ccnc(N3CCCCC3)n2)CC1. The van der Waals surface area contributed by atoms with E-state index in [4.69, 9.17) is 4.98 Å². The minimum absolute atomic E-state index is 0.139. The molecule has 4 rings (SSSR count). The number of nitro benzene ring substituents is 1. The molecule has 0 atom stereocenters. The number of carbonyl (C=O) groups is 1. The Morgan fingerprint density at radius 1 is 0.931 bits per heavy atom. The molecule has 0 aliphatic carbocycles. The monoisotopic (exact) mass is 396 g/mol. The highest BCUT2D eigenvalue weighted by atomic mass is 16.6. The third-order valence-electron chi connectivity index (χ3n) is 5.49. The highest BCUT2D eigenvalue weighted by Crippen LogP contribution is 2.23. The summed E-state index contributed by atoms with van der Waals surface area (Å²) in [7, 11) is 0. The Morgan fingerprint density at radius 3 is 2.38 bits per heavy atom. The van der Waals surface area contributed by atoms with Gasteiger partial charge in [0.15, 0.2) is 0 Å². The van der Waals surface area contributed by atoms with Crippen LogP contribution in [0, 0.1) is 10.1 Å². The summed E-state index contributed by atoms with van der Waals surface area (Å²) in [5.74, 6) is 1.33. The Morgan fingerprint density at radius 2 is 1.66 bits per heavy atom. The van der Waals surface area contributed by atoms with Crippen LogP contribution in [0.1, 0.15) is 29.6 Å². The number of rotatable bonds is 4. The van der Waals surface area contributed by atoms with Crippen LogP contribution in [-0.2, 0) is 0 Å². The number of aromatic nitrogens is 2. The lowest BCUT2D eigenvalue weighted by molar-refractivity contribution is -0.385. The Balaban J connectivity index is 1.42. The first-order chi connectivity index (χ1) is 14.1. The molecular formula is C20H24N6O3. The molecule has 2 aliphatic heterocycles. The summed E-state index contributed by atoms with van der Waals surface area (Å²) >= 11 is 0. The van der Waals surface area contributed by atoms with Gasteiger partial charge in [0.2, 0.25) is 5.95 Å². The van der Waals surface area contributed by atoms with E-state index in [1.807, 2.05) is 6.07 Å². The molecule has 0 radical (unpaired) electrons. The molecule has 2 fully saturated rings. The molecule has 2 saturated heterocycles. The Hall–Kier alpha value is -3.23. The van der Waals surface area contributed by atoms with Gasteiger partial charge in [0.05, 0.1) is 4.92 Å². The van der Waals surface area contributed by atoms with Crippen LogP contribution in [0.25, 0.3) is 0 Å². The maximum atomic E-state index is 12.8. The van der Waals surface area contributed by atoms with Crippen LogP contribution in [0.15, 0.2) is 36.5 Å². The van der Waals surface area contributed by atoms with Crippen LogP contribution in [-0.4, -0.2) is 65.0 Å². The molecular weight excluding hydrogens is 372 g/mol. The third kappa shape index (κ3) is 4.13. The van der Waals surface area contributed by atoms with Gasteiger partial charge >= 0.3 is 0 Å². The molecule has 152 valence electrons. The lowest BCUT2D eigenvalue weighted by atomic mass is 10.1. The number of carbonyl (C=O) groups excluding carboxylic acids is 1. The molecule has 1 aromatic heterocycles. The van der Waals surface area contributed by atoms with Crippen LogP contribution in [0.2, 0.25) is 0 Å². The summed E-state index contributed by atoms with van der Waals surface area (Å²) in [5, 5.41) is 11.2. The highest BCUT2D eigenvalue weighted by molar-refractivity contribution is 5.98. The van der Waals surface area contributed by atoms with Crippen molar-refractivity contribution in [2.24, 2.45) is 0 Å². The van der Waals surface area contributed by atoms with Gasteiger partial charge in [0.25, 0.3) is 11.6 Å². The Labute approximate surface area is 169 Å². The van der Waals surface area contributed by atoms with Crippen LogP contribution in [0.5, 0.6) is 0 Å². The van der Waals surface area contributed by atoms with Crippen molar-refractivity contribution in [3.05, 3.63) is 52.2 Å². The molecule has 9 heteroatoms. The molecule has 3 heterocycles. The molecule has 0 unspecified atom stereocenters. The molecule has 1 amide bonds. The van der Waals surface area contributed by atoms with Crippen LogP contribution in [0.4, 0.5) is 17.5 Å². The fraction of sp³-hybridized carbons (Fsp3) is 0.450. The van der Waals surface area contributed by atoms with Gasteiger partial charge in [-0.05, 0) is 31.4 Å². The first-order valence-electron chi connectivity index (χ1n) is 9.99. The van der Waals surface area contributed by atoms with Crippen LogP contribution >= 0.6 is 0 Å². The van der Waals surface area contributed by atoms with Gasteiger partial charge in [-0.2, -0.15) is 4.98 Å². The second kappa shape index (κ2) is 8.42. The van der Waals surface area contributed by atoms with E-state index in [2.05, 4.69) is 14.8 Å². The molecule has 9 nitrogen and oxygen atoms in total. The number of hydrogen-bond donors (Lipinski definition) is 0. The molecule has 2 aromatic rings. The van der Waals surface area contributed by atoms with Crippen LogP contribution in [0.3, 0.4) is 0 Å². The Kier molecular flexibility index (Phi) is 5.55. The van der Waals surface area contributed by atoms with Crippen LogP contribution < -0.4 is 9.80 Å². The molecule has 0 bridgehead atoms. The van der Waals surface area contributed by atoms with Gasteiger partial charge in [-0.25, -0.2) is 4.98 Å². The summed E-state index contributed by atoms with van der Waals surface area (Å²) in [5.41, 5.74) is -0.0118. The van der Waals surface area contributed by atoms with Gasteiger partial charge in [0.1, 0.15) is 11.4 Å². The van der Waals surface area contributed by atoms with E-state index in [9.17, 15) is 14.9 Å². The molecule has 2 aliphatic rings. The molecule has 29 heavy (non-hydrogen) atoms. The Bertz CT molecular complexity index is 891. The van der Waals surface area contributed by atoms with Gasteiger partial charge in [-0.3, -0.25) is 14.9 Å². The maximum absolute atomic E-state index is 12.8. The second-order valence-corrected chi connectivity index (χ2v) is 7.32. The summed E-state index contributed by atoms with van der Waals surface area (Å²) in [4.78, 5) is 38.7. The summed E-state index contributed by atoms with van der Waals surface area (Å²) in [6.45, 7) is 4.22. The minimum Gasteiger partial charge on any atom is -0.353 e. The zero-order chi connectivity index (χ0) is 20.2. The van der Waals surface area contributed by atoms with Gasteiger partial charge in [-0.15, -0.1) is 0 Å². The number of nitro groups is 1. The first-order valence-corrected chi connectivity index (χ1v) is 9.99. The van der Waals surface area contributed by atoms with Crippen molar-refractivity contribution < 1.29 is 9.72 Å². The third-order valence-corrected chi connectivity index (χ3v) is 5.49. The minimum atomic E-state index is -0.507. The zero-order valence-corrected chi connectivity index (χ0v) is 16.2. The smallest absolute Gasteiger partial charge is 0.282 e. The van der Waals surface area contributed by atoms with Gasteiger partial charge in [-0.1, -0.05) is 12.1 Å². The van der Waals surface area contributed by atoms with E-state index in [1.54, 1.807) is 23.2 Å². The topological polar surface area (TPSA) is 95.7 Å². The molecule has 0 spiro atoms. The quantitative estimate of drug-likeness (QED) is 0.578. The average molecular weight is 396 g/mol. The molecule has 1 aromatic carbocycles. The fourth-order valence-electron chi connectivity index (χ4n) is 3.88. The zero-order valence-electron chi connectivity index (χ0n) is 16.2. The van der Waals surface area contributed by atoms with E-state index < -0.39 is 4.92 Å². The molecule has 0 N–H and O–H groups in total. The summed E-state index contributed by atoms with van der Waals surface area (Å²) in [6, 6.07) is 8.00. The van der Waals surface area contributed by atoms with Crippen molar-refractivity contribution in [2.45, 2.75) is 19.3 Å². The van der Waals surface area contributed by atoms with Gasteiger partial charge in [0, 0.05) is 51.5 Å².